The topological polar surface area (TPSA) is 38.3 Å². The lowest BCUT2D eigenvalue weighted by Crippen LogP contribution is -2.17. The Labute approximate surface area is 72.8 Å². The molecule has 1 aliphatic heterocycles. The zero-order valence-electron chi connectivity index (χ0n) is 7.43. The molecule has 0 unspecified atom stereocenters. The predicted octanol–water partition coefficient (Wildman–Crippen LogP) is 0.859. The third kappa shape index (κ3) is 2.66. The Morgan fingerprint density at radius 1 is 1.75 bits per heavy atom. The van der Waals surface area contributed by atoms with Crippen LogP contribution < -0.4 is 5.32 Å². The fourth-order valence-corrected chi connectivity index (χ4v) is 1.11. The van der Waals surface area contributed by atoms with E-state index in [1.165, 1.54) is 0 Å². The Bertz CT molecular complexity index is 187. The smallest absolute Gasteiger partial charge is 0.198 e. The Balaban J connectivity index is 2.35. The fraction of sp³-hybridized carbons (Fsp3) is 0.667. The van der Waals surface area contributed by atoms with E-state index in [9.17, 15) is 4.79 Å². The van der Waals surface area contributed by atoms with Crippen molar-refractivity contribution in [2.45, 2.75) is 19.3 Å². The van der Waals surface area contributed by atoms with Crippen molar-refractivity contribution in [3.05, 3.63) is 11.8 Å². The molecule has 0 atom stereocenters. The van der Waals surface area contributed by atoms with Gasteiger partial charge in [0.25, 0.3) is 0 Å². The van der Waals surface area contributed by atoms with Crippen LogP contribution in [-0.4, -0.2) is 26.0 Å². The normalized spacial score (nSPS) is 16.6. The maximum Gasteiger partial charge on any atom is 0.198 e. The molecule has 0 aromatic heterocycles. The van der Waals surface area contributed by atoms with Crippen molar-refractivity contribution < 1.29 is 9.53 Å². The molecule has 0 fully saturated rings. The molecule has 0 saturated heterocycles. The molecule has 12 heavy (non-hydrogen) atoms. The number of Topliss-reactive ketones (excluding diaryl/α,β-unsaturated/α-hetero) is 1. The van der Waals surface area contributed by atoms with E-state index in [1.807, 2.05) is 13.1 Å². The number of hydrogen-bond donors (Lipinski definition) is 1. The van der Waals surface area contributed by atoms with Gasteiger partial charge in [-0.15, -0.1) is 0 Å². The Kier molecular flexibility index (Phi) is 3.80. The summed E-state index contributed by atoms with van der Waals surface area (Å²) in [6, 6.07) is 0. The van der Waals surface area contributed by atoms with Crippen LogP contribution in [-0.2, 0) is 9.53 Å². The van der Waals surface area contributed by atoms with Crippen LogP contribution in [0.1, 0.15) is 19.3 Å². The molecule has 0 saturated carbocycles. The second kappa shape index (κ2) is 4.93. The number of ether oxygens (including phenoxy) is 1. The zero-order chi connectivity index (χ0) is 8.81. The van der Waals surface area contributed by atoms with Gasteiger partial charge >= 0.3 is 0 Å². The van der Waals surface area contributed by atoms with E-state index in [-0.39, 0.29) is 5.78 Å². The molecule has 0 aromatic rings. The number of rotatable bonds is 4. The van der Waals surface area contributed by atoms with Crippen LogP contribution in [0.4, 0.5) is 0 Å². The van der Waals surface area contributed by atoms with Gasteiger partial charge in [0.1, 0.15) is 0 Å². The van der Waals surface area contributed by atoms with Crippen LogP contribution in [0.25, 0.3) is 0 Å². The number of hydrogen-bond acceptors (Lipinski definition) is 3. The maximum atomic E-state index is 11.3. The highest BCUT2D eigenvalue weighted by Gasteiger charge is 2.12. The molecule has 3 heteroatoms. The van der Waals surface area contributed by atoms with Crippen LogP contribution in [0.15, 0.2) is 11.8 Å². The molecule has 0 radical (unpaired) electrons. The molecule has 0 bridgehead atoms. The Hall–Kier alpha value is -0.830. The van der Waals surface area contributed by atoms with Gasteiger partial charge < -0.3 is 10.1 Å². The van der Waals surface area contributed by atoms with Gasteiger partial charge in [0.05, 0.1) is 6.61 Å². The summed E-state index contributed by atoms with van der Waals surface area (Å²) in [4.78, 5) is 11.3. The first-order chi connectivity index (χ1) is 5.84. The van der Waals surface area contributed by atoms with Crippen molar-refractivity contribution in [3.63, 3.8) is 0 Å². The summed E-state index contributed by atoms with van der Waals surface area (Å²) in [7, 11) is 1.84. The van der Waals surface area contributed by atoms with Crippen molar-refractivity contribution in [1.29, 1.82) is 0 Å². The van der Waals surface area contributed by atoms with Gasteiger partial charge in [-0.2, -0.15) is 0 Å². The zero-order valence-corrected chi connectivity index (χ0v) is 7.43. The Morgan fingerprint density at radius 2 is 2.58 bits per heavy atom. The van der Waals surface area contributed by atoms with Gasteiger partial charge in [-0.3, -0.25) is 4.79 Å². The average molecular weight is 169 g/mol. The third-order valence-corrected chi connectivity index (χ3v) is 1.81. The first-order valence-corrected chi connectivity index (χ1v) is 4.35. The summed E-state index contributed by atoms with van der Waals surface area (Å²) >= 11 is 0. The average Bonchev–Trinajstić information content (AvgIpc) is 2.15. The summed E-state index contributed by atoms with van der Waals surface area (Å²) in [5.41, 5.74) is 0. The van der Waals surface area contributed by atoms with Gasteiger partial charge in [-0.05, 0) is 26.0 Å². The minimum Gasteiger partial charge on any atom is -0.490 e. The van der Waals surface area contributed by atoms with E-state index in [0.717, 1.165) is 19.4 Å². The van der Waals surface area contributed by atoms with Crippen molar-refractivity contribution in [1.82, 2.24) is 5.32 Å². The number of ketones is 1. The SMILES string of the molecule is CNCCC(=O)C1=CCCCO1. The van der Waals surface area contributed by atoms with Crippen LogP contribution in [0.3, 0.4) is 0 Å². The van der Waals surface area contributed by atoms with Gasteiger partial charge in [0.15, 0.2) is 11.5 Å². The molecule has 3 nitrogen and oxygen atoms in total. The number of carbonyl (C=O) groups is 1. The molecule has 0 aromatic carbocycles. The highest BCUT2D eigenvalue weighted by atomic mass is 16.5. The summed E-state index contributed by atoms with van der Waals surface area (Å²) in [5.74, 6) is 0.681. The molecular formula is C9H15NO2. The van der Waals surface area contributed by atoms with E-state index in [0.29, 0.717) is 18.8 Å². The Morgan fingerprint density at radius 3 is 3.17 bits per heavy atom. The largest absolute Gasteiger partial charge is 0.490 e. The van der Waals surface area contributed by atoms with Gasteiger partial charge in [-0.25, -0.2) is 0 Å². The maximum absolute atomic E-state index is 11.3. The standard InChI is InChI=1S/C9H15NO2/c1-10-6-5-8(11)9-4-2-3-7-12-9/h4,10H,2-3,5-7H2,1H3. The van der Waals surface area contributed by atoms with E-state index < -0.39 is 0 Å². The third-order valence-electron chi connectivity index (χ3n) is 1.81. The van der Waals surface area contributed by atoms with E-state index in [1.54, 1.807) is 0 Å². The number of carbonyl (C=O) groups excluding carboxylic acids is 1. The van der Waals surface area contributed by atoms with Gasteiger partial charge in [0, 0.05) is 13.0 Å². The second-order valence-electron chi connectivity index (χ2n) is 2.84. The monoisotopic (exact) mass is 169 g/mol. The molecule has 1 N–H and O–H groups in total. The lowest BCUT2D eigenvalue weighted by Gasteiger charge is -2.13. The van der Waals surface area contributed by atoms with Crippen LogP contribution >= 0.6 is 0 Å². The van der Waals surface area contributed by atoms with Crippen LogP contribution in [0, 0.1) is 0 Å². The first-order valence-electron chi connectivity index (χ1n) is 4.35. The van der Waals surface area contributed by atoms with Crippen molar-refractivity contribution in [3.8, 4) is 0 Å². The number of allylic oxidation sites excluding steroid dienone is 2. The number of nitrogens with one attached hydrogen (secondary N) is 1. The molecule has 1 rings (SSSR count). The fourth-order valence-electron chi connectivity index (χ4n) is 1.11. The lowest BCUT2D eigenvalue weighted by atomic mass is 10.1. The second-order valence-corrected chi connectivity index (χ2v) is 2.84. The van der Waals surface area contributed by atoms with Gasteiger partial charge in [0.2, 0.25) is 0 Å². The van der Waals surface area contributed by atoms with Crippen LogP contribution in [0.5, 0.6) is 0 Å². The molecule has 0 aliphatic carbocycles. The summed E-state index contributed by atoms with van der Waals surface area (Å²) < 4.78 is 5.22. The highest BCUT2D eigenvalue weighted by molar-refractivity contribution is 5.93. The van der Waals surface area contributed by atoms with Crippen molar-refractivity contribution in [2.24, 2.45) is 0 Å². The predicted molar refractivity (Wildman–Crippen MR) is 46.8 cm³/mol. The minimum absolute atomic E-state index is 0.115. The molecule has 1 heterocycles. The minimum atomic E-state index is 0.115. The lowest BCUT2D eigenvalue weighted by molar-refractivity contribution is -0.119. The summed E-state index contributed by atoms with van der Waals surface area (Å²) in [6.07, 6.45) is 4.42. The van der Waals surface area contributed by atoms with Crippen molar-refractivity contribution in [2.75, 3.05) is 20.2 Å². The molecule has 1 aliphatic rings. The quantitative estimate of drug-likeness (QED) is 0.678. The van der Waals surface area contributed by atoms with Crippen molar-refractivity contribution >= 4 is 5.78 Å². The molecule has 0 amide bonds. The van der Waals surface area contributed by atoms with E-state index in [2.05, 4.69) is 5.32 Å². The highest BCUT2D eigenvalue weighted by Crippen LogP contribution is 2.11. The van der Waals surface area contributed by atoms with E-state index in [4.69, 9.17) is 4.74 Å². The summed E-state index contributed by atoms with van der Waals surface area (Å²) in [6.45, 7) is 1.41. The summed E-state index contributed by atoms with van der Waals surface area (Å²) in [5, 5.41) is 2.93. The van der Waals surface area contributed by atoms with E-state index >= 15 is 0 Å². The van der Waals surface area contributed by atoms with Crippen LogP contribution in [0.2, 0.25) is 0 Å². The molecular weight excluding hydrogens is 154 g/mol. The molecule has 0 spiro atoms. The first kappa shape index (κ1) is 9.26. The van der Waals surface area contributed by atoms with Gasteiger partial charge in [-0.1, -0.05) is 0 Å². The molecule has 68 valence electrons.